The zero-order valence-electron chi connectivity index (χ0n) is 12.1. The summed E-state index contributed by atoms with van der Waals surface area (Å²) in [6.45, 7) is 1.04. The van der Waals surface area contributed by atoms with E-state index in [1.165, 1.54) is 32.1 Å². The lowest BCUT2D eigenvalue weighted by Crippen LogP contribution is -2.48. The number of morpholine rings is 1. The number of carboxylic acids is 1. The Bertz CT molecular complexity index is 339. The van der Waals surface area contributed by atoms with Crippen LogP contribution in [0.25, 0.3) is 0 Å². The molecule has 0 radical (unpaired) electrons. The molecule has 1 aliphatic carbocycles. The Morgan fingerprint density at radius 2 is 1.95 bits per heavy atom. The normalized spacial score (nSPS) is 24.6. The Labute approximate surface area is 120 Å². The number of rotatable bonds is 5. The quantitative estimate of drug-likeness (QED) is 0.838. The van der Waals surface area contributed by atoms with E-state index in [9.17, 15) is 9.59 Å². The predicted octanol–water partition coefficient (Wildman–Crippen LogP) is 2.05. The van der Waals surface area contributed by atoms with Crippen molar-refractivity contribution < 1.29 is 19.4 Å². The summed E-state index contributed by atoms with van der Waals surface area (Å²) in [7, 11) is 0. The van der Waals surface area contributed by atoms with Crippen molar-refractivity contribution in [2.45, 2.75) is 57.5 Å². The highest BCUT2D eigenvalue weighted by molar-refractivity contribution is 5.78. The van der Waals surface area contributed by atoms with Crippen LogP contribution in [0, 0.1) is 5.92 Å². The van der Waals surface area contributed by atoms with E-state index < -0.39 is 12.1 Å². The third kappa shape index (κ3) is 4.47. The van der Waals surface area contributed by atoms with Gasteiger partial charge in [0.1, 0.15) is 0 Å². The van der Waals surface area contributed by atoms with Gasteiger partial charge in [-0.1, -0.05) is 32.1 Å². The lowest BCUT2D eigenvalue weighted by molar-refractivity contribution is -0.159. The van der Waals surface area contributed by atoms with Crippen LogP contribution in [0.3, 0.4) is 0 Å². The van der Waals surface area contributed by atoms with Gasteiger partial charge in [-0.3, -0.25) is 4.79 Å². The fourth-order valence-corrected chi connectivity index (χ4v) is 3.20. The van der Waals surface area contributed by atoms with Gasteiger partial charge >= 0.3 is 5.97 Å². The molecule has 2 aliphatic rings. The largest absolute Gasteiger partial charge is 0.479 e. The summed E-state index contributed by atoms with van der Waals surface area (Å²) in [6.07, 6.45) is 8.41. The second-order valence-corrected chi connectivity index (χ2v) is 5.93. The van der Waals surface area contributed by atoms with Gasteiger partial charge in [0.15, 0.2) is 6.10 Å². The highest BCUT2D eigenvalue weighted by atomic mass is 16.5. The number of carbonyl (C=O) groups is 2. The first-order valence-electron chi connectivity index (χ1n) is 7.79. The fraction of sp³-hybridized carbons (Fsp3) is 0.867. The number of amides is 1. The molecule has 0 aromatic rings. The molecule has 0 aromatic heterocycles. The molecule has 0 spiro atoms. The molecule has 0 aromatic carbocycles. The number of ether oxygens (including phenoxy) is 1. The van der Waals surface area contributed by atoms with Gasteiger partial charge in [0, 0.05) is 13.0 Å². The summed E-state index contributed by atoms with van der Waals surface area (Å²) in [5.41, 5.74) is 0. The van der Waals surface area contributed by atoms with Crippen LogP contribution >= 0.6 is 0 Å². The van der Waals surface area contributed by atoms with Crippen molar-refractivity contribution in [1.29, 1.82) is 0 Å². The molecule has 20 heavy (non-hydrogen) atoms. The first-order valence-corrected chi connectivity index (χ1v) is 7.79. The van der Waals surface area contributed by atoms with E-state index in [0.29, 0.717) is 19.6 Å². The second kappa shape index (κ2) is 7.62. The van der Waals surface area contributed by atoms with Gasteiger partial charge in [0.2, 0.25) is 5.91 Å². The van der Waals surface area contributed by atoms with Crippen LogP contribution in [-0.4, -0.2) is 47.7 Å². The van der Waals surface area contributed by atoms with Gasteiger partial charge in [0.25, 0.3) is 0 Å². The lowest BCUT2D eigenvalue weighted by atomic mass is 9.86. The molecule has 2 rings (SSSR count). The molecule has 0 bridgehead atoms. The van der Waals surface area contributed by atoms with E-state index in [2.05, 4.69) is 0 Å². The van der Waals surface area contributed by atoms with Gasteiger partial charge in [-0.05, 0) is 18.8 Å². The van der Waals surface area contributed by atoms with Crippen molar-refractivity contribution in [1.82, 2.24) is 4.90 Å². The number of carboxylic acid groups (broad SMARTS) is 1. The van der Waals surface area contributed by atoms with Crippen LogP contribution in [-0.2, 0) is 14.3 Å². The Morgan fingerprint density at radius 1 is 1.20 bits per heavy atom. The van der Waals surface area contributed by atoms with Gasteiger partial charge in [-0.2, -0.15) is 0 Å². The minimum atomic E-state index is -0.982. The van der Waals surface area contributed by atoms with Crippen LogP contribution < -0.4 is 0 Å². The van der Waals surface area contributed by atoms with Crippen molar-refractivity contribution >= 4 is 11.9 Å². The molecule has 1 amide bonds. The molecule has 1 atom stereocenters. The third-order valence-electron chi connectivity index (χ3n) is 4.42. The molecule has 1 heterocycles. The van der Waals surface area contributed by atoms with Crippen LogP contribution in [0.4, 0.5) is 0 Å². The number of hydrogen-bond acceptors (Lipinski definition) is 3. The zero-order chi connectivity index (χ0) is 14.4. The minimum Gasteiger partial charge on any atom is -0.479 e. The second-order valence-electron chi connectivity index (χ2n) is 5.93. The monoisotopic (exact) mass is 283 g/mol. The van der Waals surface area contributed by atoms with Crippen LogP contribution in [0.5, 0.6) is 0 Å². The highest BCUT2D eigenvalue weighted by Crippen LogP contribution is 2.27. The van der Waals surface area contributed by atoms with Gasteiger partial charge in [0.05, 0.1) is 13.2 Å². The van der Waals surface area contributed by atoms with Gasteiger partial charge in [-0.15, -0.1) is 0 Å². The Hall–Kier alpha value is -1.10. The zero-order valence-corrected chi connectivity index (χ0v) is 12.1. The number of aliphatic carboxylic acids is 1. The van der Waals surface area contributed by atoms with Crippen molar-refractivity contribution in [2.24, 2.45) is 5.92 Å². The predicted molar refractivity (Wildman–Crippen MR) is 74.4 cm³/mol. The average Bonchev–Trinajstić information content (AvgIpc) is 2.48. The van der Waals surface area contributed by atoms with E-state index in [1.54, 1.807) is 4.90 Å². The maximum Gasteiger partial charge on any atom is 0.334 e. The number of nitrogens with zero attached hydrogens (tertiary/aromatic N) is 1. The van der Waals surface area contributed by atoms with Gasteiger partial charge in [-0.25, -0.2) is 4.79 Å². The van der Waals surface area contributed by atoms with E-state index in [4.69, 9.17) is 9.84 Å². The van der Waals surface area contributed by atoms with Crippen LogP contribution in [0.2, 0.25) is 0 Å². The lowest BCUT2D eigenvalue weighted by Gasteiger charge is -2.31. The van der Waals surface area contributed by atoms with E-state index in [0.717, 1.165) is 18.8 Å². The van der Waals surface area contributed by atoms with Crippen molar-refractivity contribution in [2.75, 3.05) is 19.7 Å². The van der Waals surface area contributed by atoms with Crippen LogP contribution in [0.1, 0.15) is 51.4 Å². The molecular formula is C15H25NO4. The number of hydrogen-bond donors (Lipinski definition) is 1. The summed E-state index contributed by atoms with van der Waals surface area (Å²) in [5.74, 6) is -0.104. The molecular weight excluding hydrogens is 258 g/mol. The third-order valence-corrected chi connectivity index (χ3v) is 4.42. The summed E-state index contributed by atoms with van der Waals surface area (Å²) < 4.78 is 5.13. The molecule has 1 saturated heterocycles. The van der Waals surface area contributed by atoms with Gasteiger partial charge < -0.3 is 14.7 Å². The molecule has 1 aliphatic heterocycles. The fourth-order valence-electron chi connectivity index (χ4n) is 3.20. The Kier molecular flexibility index (Phi) is 5.83. The smallest absolute Gasteiger partial charge is 0.334 e. The highest BCUT2D eigenvalue weighted by Gasteiger charge is 2.28. The Balaban J connectivity index is 1.67. The molecule has 1 unspecified atom stereocenters. The molecule has 5 nitrogen and oxygen atoms in total. The van der Waals surface area contributed by atoms with Crippen molar-refractivity contribution in [3.63, 3.8) is 0 Å². The van der Waals surface area contributed by atoms with E-state index in [1.807, 2.05) is 0 Å². The standard InChI is InChI=1S/C15H25NO4/c17-14(8-4-7-12-5-2-1-3-6-12)16-9-10-20-13(11-16)15(18)19/h12-13H,1-11H2,(H,18,19). The maximum absolute atomic E-state index is 12.1. The van der Waals surface area contributed by atoms with E-state index in [-0.39, 0.29) is 12.5 Å². The maximum atomic E-state index is 12.1. The average molecular weight is 283 g/mol. The topological polar surface area (TPSA) is 66.8 Å². The van der Waals surface area contributed by atoms with Crippen molar-refractivity contribution in [3.8, 4) is 0 Å². The molecule has 2 fully saturated rings. The SMILES string of the molecule is O=C(O)C1CN(C(=O)CCCC2CCCCC2)CCO1. The minimum absolute atomic E-state index is 0.0790. The summed E-state index contributed by atoms with van der Waals surface area (Å²) in [4.78, 5) is 24.6. The molecule has 1 N–H and O–H groups in total. The number of carbonyl (C=O) groups excluding carboxylic acids is 1. The summed E-state index contributed by atoms with van der Waals surface area (Å²) >= 11 is 0. The molecule has 1 saturated carbocycles. The molecule has 5 heteroatoms. The van der Waals surface area contributed by atoms with Crippen LogP contribution in [0.15, 0.2) is 0 Å². The molecule has 114 valence electrons. The summed E-state index contributed by atoms with van der Waals surface area (Å²) in [6, 6.07) is 0. The Morgan fingerprint density at radius 3 is 2.65 bits per heavy atom. The van der Waals surface area contributed by atoms with E-state index >= 15 is 0 Å². The first kappa shape index (κ1) is 15.3. The summed E-state index contributed by atoms with van der Waals surface area (Å²) in [5, 5.41) is 8.92. The first-order chi connectivity index (χ1) is 9.66. The van der Waals surface area contributed by atoms with Crippen molar-refractivity contribution in [3.05, 3.63) is 0 Å².